The van der Waals surface area contributed by atoms with Crippen LogP contribution < -0.4 is 0 Å². The first-order valence-electron chi connectivity index (χ1n) is 6.04. The number of halogens is 4. The minimum absolute atomic E-state index is 0.273. The molecule has 16 heavy (non-hydrogen) atoms. The van der Waals surface area contributed by atoms with Gasteiger partial charge in [0.1, 0.15) is 0 Å². The smallest absolute Gasteiger partial charge is 0.200 e. The highest BCUT2D eigenvalue weighted by Gasteiger charge is 2.62. The molecule has 1 fully saturated rings. The topological polar surface area (TPSA) is 0 Å². The van der Waals surface area contributed by atoms with Gasteiger partial charge >= 0.3 is 11.8 Å². The summed E-state index contributed by atoms with van der Waals surface area (Å²) in [5, 5.41) is 0. The average molecular weight is 240 g/mol. The highest BCUT2D eigenvalue weighted by atomic mass is 19.3. The van der Waals surface area contributed by atoms with E-state index in [9.17, 15) is 17.6 Å². The molecule has 0 aromatic rings. The van der Waals surface area contributed by atoms with Gasteiger partial charge in [-0.25, -0.2) is 0 Å². The van der Waals surface area contributed by atoms with E-state index in [1.54, 1.807) is 0 Å². The Morgan fingerprint density at radius 1 is 1.12 bits per heavy atom. The molecule has 0 heterocycles. The van der Waals surface area contributed by atoms with Crippen LogP contribution in [0.2, 0.25) is 0 Å². The lowest BCUT2D eigenvalue weighted by Gasteiger charge is -2.16. The van der Waals surface area contributed by atoms with Crippen LogP contribution in [0.3, 0.4) is 0 Å². The Labute approximate surface area is 94.4 Å². The molecule has 96 valence electrons. The summed E-state index contributed by atoms with van der Waals surface area (Å²) in [6.45, 7) is 4.02. The summed E-state index contributed by atoms with van der Waals surface area (Å²) in [5.74, 6) is -7.82. The monoisotopic (exact) mass is 240 g/mol. The molecule has 0 radical (unpaired) electrons. The lowest BCUT2D eigenvalue weighted by Crippen LogP contribution is -2.33. The molecular weight excluding hydrogens is 220 g/mol. The van der Waals surface area contributed by atoms with Gasteiger partial charge in [0.15, 0.2) is 0 Å². The lowest BCUT2D eigenvalue weighted by molar-refractivity contribution is -0.185. The van der Waals surface area contributed by atoms with Crippen molar-refractivity contribution < 1.29 is 17.6 Å². The summed E-state index contributed by atoms with van der Waals surface area (Å²) in [5.41, 5.74) is 0. The van der Waals surface area contributed by atoms with E-state index >= 15 is 0 Å². The van der Waals surface area contributed by atoms with Crippen molar-refractivity contribution in [1.82, 2.24) is 0 Å². The van der Waals surface area contributed by atoms with Crippen LogP contribution in [0.1, 0.15) is 52.4 Å². The molecule has 1 aliphatic carbocycles. The van der Waals surface area contributed by atoms with E-state index in [0.29, 0.717) is 6.42 Å². The largest absolute Gasteiger partial charge is 0.310 e. The molecule has 0 saturated heterocycles. The standard InChI is InChI=1S/C12H20F4/c1-3-4-5-9(2)6-10-7-11(13,14)12(15,16)8-10/h9-10H,3-8H2,1-2H3. The second-order valence-corrected chi connectivity index (χ2v) is 5.17. The van der Waals surface area contributed by atoms with Gasteiger partial charge < -0.3 is 0 Å². The van der Waals surface area contributed by atoms with E-state index in [1.165, 1.54) is 0 Å². The van der Waals surface area contributed by atoms with Crippen molar-refractivity contribution in [2.45, 2.75) is 64.2 Å². The fourth-order valence-corrected chi connectivity index (χ4v) is 2.50. The Kier molecular flexibility index (Phi) is 4.24. The van der Waals surface area contributed by atoms with Crippen LogP contribution in [0.5, 0.6) is 0 Å². The van der Waals surface area contributed by atoms with Gasteiger partial charge in [0.25, 0.3) is 0 Å². The normalized spacial score (nSPS) is 25.9. The first-order chi connectivity index (χ1) is 7.28. The predicted octanol–water partition coefficient (Wildman–Crippen LogP) is 4.88. The van der Waals surface area contributed by atoms with E-state index in [2.05, 4.69) is 6.92 Å². The molecule has 0 nitrogen and oxygen atoms in total. The minimum atomic E-state index is -3.79. The van der Waals surface area contributed by atoms with Crippen LogP contribution in [-0.2, 0) is 0 Å². The third-order valence-corrected chi connectivity index (χ3v) is 3.41. The molecule has 1 aliphatic rings. The molecule has 1 saturated carbocycles. The summed E-state index contributed by atoms with van der Waals surface area (Å²) in [6.07, 6.45) is 2.27. The summed E-state index contributed by atoms with van der Waals surface area (Å²) in [7, 11) is 0. The van der Waals surface area contributed by atoms with Crippen molar-refractivity contribution in [2.75, 3.05) is 0 Å². The third-order valence-electron chi connectivity index (χ3n) is 3.41. The Morgan fingerprint density at radius 3 is 2.06 bits per heavy atom. The maximum Gasteiger partial charge on any atom is 0.310 e. The summed E-state index contributed by atoms with van der Waals surface area (Å²) in [4.78, 5) is 0. The molecule has 0 amide bonds. The molecule has 4 heteroatoms. The fraction of sp³-hybridized carbons (Fsp3) is 1.00. The number of hydrogen-bond acceptors (Lipinski definition) is 0. The van der Waals surface area contributed by atoms with Crippen LogP contribution in [-0.4, -0.2) is 11.8 Å². The van der Waals surface area contributed by atoms with Crippen LogP contribution in [0.25, 0.3) is 0 Å². The Hall–Kier alpha value is -0.280. The van der Waals surface area contributed by atoms with Crippen LogP contribution in [0.4, 0.5) is 17.6 Å². The summed E-state index contributed by atoms with van der Waals surface area (Å²) < 4.78 is 51.7. The van der Waals surface area contributed by atoms with Gasteiger partial charge in [-0.3, -0.25) is 0 Å². The molecule has 1 unspecified atom stereocenters. The molecule has 0 N–H and O–H groups in total. The van der Waals surface area contributed by atoms with Crippen molar-refractivity contribution >= 4 is 0 Å². The van der Waals surface area contributed by atoms with Crippen molar-refractivity contribution in [3.8, 4) is 0 Å². The number of alkyl halides is 4. The molecule has 1 atom stereocenters. The summed E-state index contributed by atoms with van der Waals surface area (Å²) in [6, 6.07) is 0. The zero-order valence-electron chi connectivity index (χ0n) is 9.91. The van der Waals surface area contributed by atoms with Gasteiger partial charge in [-0.15, -0.1) is 0 Å². The molecule has 0 aromatic carbocycles. The lowest BCUT2D eigenvalue weighted by atomic mass is 9.91. The molecule has 1 rings (SSSR count). The van der Waals surface area contributed by atoms with Crippen molar-refractivity contribution in [1.29, 1.82) is 0 Å². The second kappa shape index (κ2) is 4.92. The van der Waals surface area contributed by atoms with E-state index < -0.39 is 30.6 Å². The fourth-order valence-electron chi connectivity index (χ4n) is 2.50. The first kappa shape index (κ1) is 13.8. The van der Waals surface area contributed by atoms with E-state index in [1.807, 2.05) is 6.92 Å². The number of unbranched alkanes of at least 4 members (excludes halogenated alkanes) is 1. The third kappa shape index (κ3) is 3.11. The van der Waals surface area contributed by atoms with Gasteiger partial charge in [-0.05, 0) is 18.3 Å². The van der Waals surface area contributed by atoms with Crippen molar-refractivity contribution in [2.24, 2.45) is 11.8 Å². The van der Waals surface area contributed by atoms with E-state index in [-0.39, 0.29) is 5.92 Å². The van der Waals surface area contributed by atoms with E-state index in [0.717, 1.165) is 19.3 Å². The van der Waals surface area contributed by atoms with Crippen LogP contribution >= 0.6 is 0 Å². The Morgan fingerprint density at radius 2 is 1.62 bits per heavy atom. The summed E-state index contributed by atoms with van der Waals surface area (Å²) >= 11 is 0. The quantitative estimate of drug-likeness (QED) is 0.600. The average Bonchev–Trinajstić information content (AvgIpc) is 2.31. The van der Waals surface area contributed by atoms with Gasteiger partial charge in [0.2, 0.25) is 0 Å². The van der Waals surface area contributed by atoms with Crippen molar-refractivity contribution in [3.63, 3.8) is 0 Å². The van der Waals surface area contributed by atoms with Crippen molar-refractivity contribution in [3.05, 3.63) is 0 Å². The number of hydrogen-bond donors (Lipinski definition) is 0. The first-order valence-corrected chi connectivity index (χ1v) is 6.04. The van der Waals surface area contributed by atoms with Crippen LogP contribution in [0.15, 0.2) is 0 Å². The highest BCUT2D eigenvalue weighted by Crippen LogP contribution is 2.52. The minimum Gasteiger partial charge on any atom is -0.200 e. The van der Waals surface area contributed by atoms with Gasteiger partial charge in [0, 0.05) is 12.8 Å². The van der Waals surface area contributed by atoms with Crippen LogP contribution in [0, 0.1) is 11.8 Å². The predicted molar refractivity (Wildman–Crippen MR) is 55.9 cm³/mol. The maximum absolute atomic E-state index is 12.9. The second-order valence-electron chi connectivity index (χ2n) is 5.17. The zero-order chi connectivity index (χ0) is 12.4. The Balaban J connectivity index is 2.41. The SMILES string of the molecule is CCCCC(C)CC1CC(F)(F)C(F)(F)C1. The molecular formula is C12H20F4. The highest BCUT2D eigenvalue weighted by molar-refractivity contribution is 4.96. The molecule has 0 aromatic heterocycles. The van der Waals surface area contributed by atoms with E-state index in [4.69, 9.17) is 0 Å². The molecule has 0 bridgehead atoms. The van der Waals surface area contributed by atoms with Gasteiger partial charge in [-0.2, -0.15) is 17.6 Å². The van der Waals surface area contributed by atoms with Gasteiger partial charge in [0.05, 0.1) is 0 Å². The molecule has 0 spiro atoms. The van der Waals surface area contributed by atoms with Gasteiger partial charge in [-0.1, -0.05) is 33.1 Å². The maximum atomic E-state index is 12.9. The number of rotatable bonds is 5. The molecule has 0 aliphatic heterocycles. The zero-order valence-corrected chi connectivity index (χ0v) is 9.91. The Bertz CT molecular complexity index is 209.